The molecule has 0 heterocycles. The second kappa shape index (κ2) is 4.55. The number of aliphatic hydroxyl groups is 1. The standard InChI is InChI=1S/C17H16O5/c1-8(18)15-10-6-9-4-3-5-11(19)13(9)16(21)14(10)12(20)7-17(15,2)22/h3-6,15,19,21-22H,7H2,1-2H3/t15-,17-/m0/s1. The fraction of sp³-hybridized carbons (Fsp3) is 0.294. The van der Waals surface area contributed by atoms with Gasteiger partial charge in [0.25, 0.3) is 0 Å². The lowest BCUT2D eigenvalue weighted by atomic mass is 9.69. The minimum absolute atomic E-state index is 0.0146. The quantitative estimate of drug-likeness (QED) is 0.751. The molecule has 0 fully saturated rings. The number of aromatic hydroxyl groups is 2. The number of phenolic OH excluding ortho intramolecular Hbond substituents is 2. The number of rotatable bonds is 1. The van der Waals surface area contributed by atoms with Crippen LogP contribution >= 0.6 is 0 Å². The summed E-state index contributed by atoms with van der Waals surface area (Å²) in [7, 11) is 0. The third-order valence-corrected chi connectivity index (χ3v) is 4.28. The van der Waals surface area contributed by atoms with Crippen LogP contribution in [0.25, 0.3) is 10.8 Å². The minimum atomic E-state index is -1.49. The monoisotopic (exact) mass is 300 g/mol. The molecule has 2 aromatic carbocycles. The first-order chi connectivity index (χ1) is 10.2. The molecule has 2 aromatic rings. The van der Waals surface area contributed by atoms with Gasteiger partial charge in [-0.15, -0.1) is 0 Å². The van der Waals surface area contributed by atoms with Gasteiger partial charge in [-0.25, -0.2) is 0 Å². The predicted octanol–water partition coefficient (Wildman–Crippen LogP) is 2.26. The van der Waals surface area contributed by atoms with Crippen LogP contribution in [0.2, 0.25) is 0 Å². The Labute approximate surface area is 126 Å². The zero-order chi connectivity index (χ0) is 16.2. The van der Waals surface area contributed by atoms with Crippen molar-refractivity contribution in [2.24, 2.45) is 0 Å². The van der Waals surface area contributed by atoms with Gasteiger partial charge >= 0.3 is 0 Å². The van der Waals surface area contributed by atoms with Gasteiger partial charge in [0, 0.05) is 6.42 Å². The van der Waals surface area contributed by atoms with E-state index >= 15 is 0 Å². The molecule has 0 amide bonds. The van der Waals surface area contributed by atoms with E-state index in [1.54, 1.807) is 18.2 Å². The van der Waals surface area contributed by atoms with E-state index in [-0.39, 0.29) is 34.7 Å². The molecule has 0 saturated carbocycles. The van der Waals surface area contributed by atoms with Crippen LogP contribution in [0, 0.1) is 0 Å². The van der Waals surface area contributed by atoms with Crippen LogP contribution in [0.15, 0.2) is 24.3 Å². The minimum Gasteiger partial charge on any atom is -0.507 e. The van der Waals surface area contributed by atoms with Crippen molar-refractivity contribution in [1.29, 1.82) is 0 Å². The third-order valence-electron chi connectivity index (χ3n) is 4.28. The molecule has 22 heavy (non-hydrogen) atoms. The van der Waals surface area contributed by atoms with Gasteiger partial charge in [0.15, 0.2) is 5.78 Å². The Balaban J connectivity index is 2.44. The van der Waals surface area contributed by atoms with Crippen molar-refractivity contribution in [3.8, 4) is 11.5 Å². The normalized spacial score (nSPS) is 24.3. The molecule has 3 N–H and O–H groups in total. The van der Waals surface area contributed by atoms with E-state index in [1.807, 2.05) is 0 Å². The molecule has 0 aliphatic heterocycles. The average Bonchev–Trinajstić information content (AvgIpc) is 2.35. The van der Waals surface area contributed by atoms with Crippen LogP contribution in [0.5, 0.6) is 11.5 Å². The SMILES string of the molecule is CC(=O)[C@H]1c2cc3cccc(O)c3c(O)c2C(=O)C[C@]1(C)O. The first-order valence-corrected chi connectivity index (χ1v) is 6.97. The van der Waals surface area contributed by atoms with Crippen molar-refractivity contribution in [2.45, 2.75) is 31.8 Å². The van der Waals surface area contributed by atoms with E-state index in [9.17, 15) is 24.9 Å². The van der Waals surface area contributed by atoms with Crippen LogP contribution in [0.3, 0.4) is 0 Å². The zero-order valence-corrected chi connectivity index (χ0v) is 12.3. The lowest BCUT2D eigenvalue weighted by Crippen LogP contribution is -2.43. The van der Waals surface area contributed by atoms with Gasteiger partial charge in [0.2, 0.25) is 0 Å². The topological polar surface area (TPSA) is 94.8 Å². The lowest BCUT2D eigenvalue weighted by Gasteiger charge is -2.36. The highest BCUT2D eigenvalue weighted by Crippen LogP contribution is 2.47. The summed E-state index contributed by atoms with van der Waals surface area (Å²) in [6.45, 7) is 2.80. The van der Waals surface area contributed by atoms with Crippen LogP contribution in [0.1, 0.15) is 42.1 Å². The molecule has 0 saturated heterocycles. The van der Waals surface area contributed by atoms with Crippen LogP contribution < -0.4 is 0 Å². The second-order valence-electron chi connectivity index (χ2n) is 6.07. The van der Waals surface area contributed by atoms with E-state index in [0.29, 0.717) is 10.9 Å². The molecule has 2 atom stereocenters. The lowest BCUT2D eigenvalue weighted by molar-refractivity contribution is -0.124. The number of Topliss-reactive ketones (excluding diaryl/α,β-unsaturated/α-hetero) is 2. The summed E-state index contributed by atoms with van der Waals surface area (Å²) in [5.41, 5.74) is -1.17. The molecule has 1 aliphatic carbocycles. The molecule has 1 aliphatic rings. The fourth-order valence-corrected chi connectivity index (χ4v) is 3.47. The zero-order valence-electron chi connectivity index (χ0n) is 12.3. The fourth-order valence-electron chi connectivity index (χ4n) is 3.47. The maximum absolute atomic E-state index is 12.3. The van der Waals surface area contributed by atoms with Gasteiger partial charge in [0.05, 0.1) is 22.5 Å². The molecule has 0 unspecified atom stereocenters. The second-order valence-corrected chi connectivity index (χ2v) is 6.07. The molecule has 114 valence electrons. The Hall–Kier alpha value is -2.40. The average molecular weight is 300 g/mol. The Morgan fingerprint density at radius 3 is 2.64 bits per heavy atom. The molecule has 5 nitrogen and oxygen atoms in total. The molecule has 0 aromatic heterocycles. The molecule has 3 rings (SSSR count). The summed E-state index contributed by atoms with van der Waals surface area (Å²) < 4.78 is 0. The highest BCUT2D eigenvalue weighted by molar-refractivity contribution is 6.11. The number of ketones is 2. The van der Waals surface area contributed by atoms with Crippen LogP contribution in [-0.2, 0) is 4.79 Å². The number of hydrogen-bond acceptors (Lipinski definition) is 5. The highest BCUT2D eigenvalue weighted by Gasteiger charge is 2.45. The Morgan fingerprint density at radius 1 is 1.32 bits per heavy atom. The van der Waals surface area contributed by atoms with E-state index < -0.39 is 17.3 Å². The summed E-state index contributed by atoms with van der Waals surface area (Å²) in [6, 6.07) is 6.27. The first-order valence-electron chi connectivity index (χ1n) is 6.97. The molecule has 0 bridgehead atoms. The van der Waals surface area contributed by atoms with Gasteiger partial charge in [-0.3, -0.25) is 9.59 Å². The number of hydrogen-bond donors (Lipinski definition) is 3. The van der Waals surface area contributed by atoms with Gasteiger partial charge < -0.3 is 15.3 Å². The van der Waals surface area contributed by atoms with Crippen molar-refractivity contribution in [3.05, 3.63) is 35.4 Å². The summed E-state index contributed by atoms with van der Waals surface area (Å²) in [5, 5.41) is 31.5. The predicted molar refractivity (Wildman–Crippen MR) is 80.3 cm³/mol. The maximum Gasteiger partial charge on any atom is 0.169 e. The Bertz CT molecular complexity index is 819. The number of phenols is 2. The van der Waals surface area contributed by atoms with Gasteiger partial charge in [-0.05, 0) is 36.9 Å². The summed E-state index contributed by atoms with van der Waals surface area (Å²) in [5.74, 6) is -2.09. The number of carbonyl (C=O) groups is 2. The third kappa shape index (κ3) is 1.89. The number of fused-ring (bicyclic) bond motifs is 2. The van der Waals surface area contributed by atoms with Crippen molar-refractivity contribution in [1.82, 2.24) is 0 Å². The summed E-state index contributed by atoms with van der Waals surface area (Å²) >= 11 is 0. The molecule has 5 heteroatoms. The summed E-state index contributed by atoms with van der Waals surface area (Å²) in [6.07, 6.45) is -0.253. The van der Waals surface area contributed by atoms with Crippen molar-refractivity contribution in [2.75, 3.05) is 0 Å². The molecule has 0 radical (unpaired) electrons. The van der Waals surface area contributed by atoms with Crippen molar-refractivity contribution < 1.29 is 24.9 Å². The first kappa shape index (κ1) is 14.5. The number of carbonyl (C=O) groups excluding carboxylic acids is 2. The summed E-state index contributed by atoms with van der Waals surface area (Å²) in [4.78, 5) is 24.3. The Morgan fingerprint density at radius 2 is 2.00 bits per heavy atom. The highest BCUT2D eigenvalue weighted by atomic mass is 16.3. The Kier molecular flexibility index (Phi) is 3.00. The molecular formula is C17H16O5. The van der Waals surface area contributed by atoms with E-state index in [4.69, 9.17) is 0 Å². The van der Waals surface area contributed by atoms with Gasteiger partial charge in [-0.2, -0.15) is 0 Å². The van der Waals surface area contributed by atoms with Gasteiger partial charge in [0.1, 0.15) is 17.3 Å². The van der Waals surface area contributed by atoms with E-state index in [1.165, 1.54) is 19.9 Å². The largest absolute Gasteiger partial charge is 0.507 e. The number of benzene rings is 2. The van der Waals surface area contributed by atoms with E-state index in [2.05, 4.69) is 0 Å². The maximum atomic E-state index is 12.3. The van der Waals surface area contributed by atoms with Crippen molar-refractivity contribution >= 4 is 22.3 Å². The van der Waals surface area contributed by atoms with Crippen LogP contribution in [-0.4, -0.2) is 32.5 Å². The van der Waals surface area contributed by atoms with Crippen LogP contribution in [0.4, 0.5) is 0 Å². The smallest absolute Gasteiger partial charge is 0.169 e. The van der Waals surface area contributed by atoms with Gasteiger partial charge in [-0.1, -0.05) is 12.1 Å². The van der Waals surface area contributed by atoms with Crippen molar-refractivity contribution in [3.63, 3.8) is 0 Å². The molecule has 0 spiro atoms. The van der Waals surface area contributed by atoms with E-state index in [0.717, 1.165) is 0 Å². The molecular weight excluding hydrogens is 284 g/mol.